The highest BCUT2D eigenvalue weighted by Crippen LogP contribution is 2.22. The van der Waals surface area contributed by atoms with Crippen LogP contribution in [0, 0.1) is 5.92 Å². The number of nitrogens with zero attached hydrogens (tertiary/aromatic N) is 4. The van der Waals surface area contributed by atoms with Crippen LogP contribution in [0.3, 0.4) is 0 Å². The third-order valence-electron chi connectivity index (χ3n) is 4.20. The van der Waals surface area contributed by atoms with Gasteiger partial charge in [0.15, 0.2) is 5.82 Å². The number of benzene rings is 1. The lowest BCUT2D eigenvalue weighted by Crippen LogP contribution is -2.35. The molecule has 1 aliphatic rings. The Labute approximate surface area is 152 Å². The van der Waals surface area contributed by atoms with Crippen LogP contribution in [0.5, 0.6) is 0 Å². The minimum absolute atomic E-state index is 0.650. The molecule has 24 heavy (non-hydrogen) atoms. The van der Waals surface area contributed by atoms with Gasteiger partial charge in [-0.05, 0) is 42.9 Å². The summed E-state index contributed by atoms with van der Waals surface area (Å²) in [5.41, 5.74) is 1.06. The van der Waals surface area contributed by atoms with E-state index >= 15 is 0 Å². The Bertz CT molecular complexity index is 694. The van der Waals surface area contributed by atoms with Crippen LogP contribution in [-0.2, 0) is 6.42 Å². The highest BCUT2D eigenvalue weighted by molar-refractivity contribution is 6.35. The first-order valence-corrected chi connectivity index (χ1v) is 9.00. The Balaban J connectivity index is 1.58. The van der Waals surface area contributed by atoms with Crippen molar-refractivity contribution in [1.82, 2.24) is 15.2 Å². The molecule has 0 aliphatic carbocycles. The average Bonchev–Trinajstić information content (AvgIpc) is 2.57. The van der Waals surface area contributed by atoms with E-state index in [1.807, 2.05) is 12.1 Å². The zero-order valence-corrected chi connectivity index (χ0v) is 15.2. The molecule has 0 saturated carbocycles. The quantitative estimate of drug-likeness (QED) is 0.865. The number of halogens is 2. The number of rotatable bonds is 5. The third kappa shape index (κ3) is 4.48. The van der Waals surface area contributed by atoms with Crippen molar-refractivity contribution < 1.29 is 0 Å². The van der Waals surface area contributed by atoms with Crippen molar-refractivity contribution >= 4 is 35.0 Å². The zero-order chi connectivity index (χ0) is 16.9. The van der Waals surface area contributed by atoms with Gasteiger partial charge in [-0.15, -0.1) is 5.10 Å². The molecule has 1 aliphatic heterocycles. The lowest BCUT2D eigenvalue weighted by Gasteiger charge is -2.30. The van der Waals surface area contributed by atoms with Gasteiger partial charge in [0.2, 0.25) is 5.95 Å². The van der Waals surface area contributed by atoms with Crippen molar-refractivity contribution in [2.45, 2.75) is 26.2 Å². The molecule has 1 aromatic heterocycles. The highest BCUT2D eigenvalue weighted by atomic mass is 35.5. The molecule has 0 bridgehead atoms. The molecule has 7 heteroatoms. The summed E-state index contributed by atoms with van der Waals surface area (Å²) >= 11 is 12.1. The number of anilines is 2. The van der Waals surface area contributed by atoms with Gasteiger partial charge in [0.1, 0.15) is 0 Å². The minimum Gasteiger partial charge on any atom is -0.368 e. The summed E-state index contributed by atoms with van der Waals surface area (Å²) in [6.45, 7) is 4.97. The molecule has 1 aromatic carbocycles. The molecular formula is C17H21Cl2N5. The molecule has 0 amide bonds. The Morgan fingerprint density at radius 1 is 1.33 bits per heavy atom. The number of aromatic nitrogens is 3. The van der Waals surface area contributed by atoms with Crippen LogP contribution in [0.25, 0.3) is 0 Å². The number of piperidine rings is 1. The van der Waals surface area contributed by atoms with Gasteiger partial charge in [-0.2, -0.15) is 10.1 Å². The minimum atomic E-state index is 0.650. The van der Waals surface area contributed by atoms with Gasteiger partial charge in [0.05, 0.1) is 6.20 Å². The van der Waals surface area contributed by atoms with Crippen LogP contribution in [-0.4, -0.2) is 34.8 Å². The highest BCUT2D eigenvalue weighted by Gasteiger charge is 2.19. The van der Waals surface area contributed by atoms with Gasteiger partial charge >= 0.3 is 0 Å². The fourth-order valence-corrected chi connectivity index (χ4v) is 3.44. The first-order valence-electron chi connectivity index (χ1n) is 8.24. The van der Waals surface area contributed by atoms with E-state index in [1.54, 1.807) is 12.3 Å². The van der Waals surface area contributed by atoms with E-state index in [0.29, 0.717) is 21.9 Å². The fraction of sp³-hybridized carbons (Fsp3) is 0.471. The summed E-state index contributed by atoms with van der Waals surface area (Å²) in [5.74, 6) is 2.12. The van der Waals surface area contributed by atoms with Crippen LogP contribution < -0.4 is 10.2 Å². The zero-order valence-electron chi connectivity index (χ0n) is 13.7. The molecule has 128 valence electrons. The predicted molar refractivity (Wildman–Crippen MR) is 99.1 cm³/mol. The second-order valence-electron chi connectivity index (χ2n) is 6.25. The van der Waals surface area contributed by atoms with E-state index in [0.717, 1.165) is 37.4 Å². The maximum absolute atomic E-state index is 6.19. The second kappa shape index (κ2) is 7.99. The molecule has 1 unspecified atom stereocenters. The normalized spacial score (nSPS) is 17.8. The molecule has 2 aromatic rings. The standard InChI is InChI=1S/C17H21Cl2N5/c1-12-3-2-8-24(11-12)17-22-16(10-21-23-17)20-7-6-13-4-5-14(18)9-15(13)19/h4-5,9-10,12H,2-3,6-8,11H2,1H3,(H,20,22,23). The fourth-order valence-electron chi connectivity index (χ4n) is 2.93. The maximum Gasteiger partial charge on any atom is 0.247 e. The maximum atomic E-state index is 6.19. The molecule has 1 atom stereocenters. The van der Waals surface area contributed by atoms with Crippen molar-refractivity contribution in [3.8, 4) is 0 Å². The third-order valence-corrected chi connectivity index (χ3v) is 4.79. The van der Waals surface area contributed by atoms with Gasteiger partial charge in [-0.3, -0.25) is 0 Å². The molecule has 3 rings (SSSR count). The smallest absolute Gasteiger partial charge is 0.247 e. The van der Waals surface area contributed by atoms with E-state index in [9.17, 15) is 0 Å². The number of nitrogens with one attached hydrogen (secondary N) is 1. The topological polar surface area (TPSA) is 53.9 Å². The van der Waals surface area contributed by atoms with Crippen LogP contribution in [0.2, 0.25) is 10.0 Å². The SMILES string of the molecule is CC1CCCN(c2nncc(NCCc3ccc(Cl)cc3Cl)n2)C1. The Morgan fingerprint density at radius 2 is 2.21 bits per heavy atom. The lowest BCUT2D eigenvalue weighted by molar-refractivity contribution is 0.441. The van der Waals surface area contributed by atoms with Crippen LogP contribution >= 0.6 is 23.2 Å². The average molecular weight is 366 g/mol. The number of hydrogen-bond acceptors (Lipinski definition) is 5. The largest absolute Gasteiger partial charge is 0.368 e. The molecule has 0 radical (unpaired) electrons. The molecule has 1 saturated heterocycles. The van der Waals surface area contributed by atoms with Gasteiger partial charge in [0, 0.05) is 29.7 Å². The summed E-state index contributed by atoms with van der Waals surface area (Å²) < 4.78 is 0. The monoisotopic (exact) mass is 365 g/mol. The lowest BCUT2D eigenvalue weighted by atomic mass is 10.0. The van der Waals surface area contributed by atoms with E-state index in [-0.39, 0.29) is 0 Å². The second-order valence-corrected chi connectivity index (χ2v) is 7.09. The van der Waals surface area contributed by atoms with Crippen molar-refractivity contribution in [1.29, 1.82) is 0 Å². The summed E-state index contributed by atoms with van der Waals surface area (Å²) in [4.78, 5) is 6.80. The summed E-state index contributed by atoms with van der Waals surface area (Å²) in [6.07, 6.45) is 4.89. The molecule has 1 fully saturated rings. The van der Waals surface area contributed by atoms with E-state index < -0.39 is 0 Å². The summed E-state index contributed by atoms with van der Waals surface area (Å²) in [7, 11) is 0. The first-order chi connectivity index (χ1) is 11.6. The molecule has 1 N–H and O–H groups in total. The van der Waals surface area contributed by atoms with Crippen LogP contribution in [0.15, 0.2) is 24.4 Å². The van der Waals surface area contributed by atoms with E-state index in [4.69, 9.17) is 23.2 Å². The Morgan fingerprint density at radius 3 is 3.00 bits per heavy atom. The van der Waals surface area contributed by atoms with Crippen LogP contribution in [0.1, 0.15) is 25.3 Å². The molecule has 5 nitrogen and oxygen atoms in total. The van der Waals surface area contributed by atoms with Crippen molar-refractivity contribution in [3.63, 3.8) is 0 Å². The van der Waals surface area contributed by atoms with Crippen molar-refractivity contribution in [3.05, 3.63) is 40.0 Å². The van der Waals surface area contributed by atoms with Gasteiger partial charge in [0.25, 0.3) is 0 Å². The first kappa shape index (κ1) is 17.2. The van der Waals surface area contributed by atoms with Gasteiger partial charge < -0.3 is 10.2 Å². The van der Waals surface area contributed by atoms with Gasteiger partial charge in [-0.25, -0.2) is 0 Å². The summed E-state index contributed by atoms with van der Waals surface area (Å²) in [6, 6.07) is 5.57. The molecular weight excluding hydrogens is 345 g/mol. The van der Waals surface area contributed by atoms with Crippen molar-refractivity contribution in [2.75, 3.05) is 29.9 Å². The summed E-state index contributed by atoms with van der Waals surface area (Å²) in [5, 5.41) is 12.9. The Kier molecular flexibility index (Phi) is 5.74. The van der Waals surface area contributed by atoms with E-state index in [2.05, 4.69) is 32.3 Å². The number of hydrogen-bond donors (Lipinski definition) is 1. The Hall–Kier alpha value is -1.59. The van der Waals surface area contributed by atoms with E-state index in [1.165, 1.54) is 12.8 Å². The molecule has 0 spiro atoms. The molecule has 2 heterocycles. The van der Waals surface area contributed by atoms with Crippen molar-refractivity contribution in [2.24, 2.45) is 5.92 Å². The van der Waals surface area contributed by atoms with Gasteiger partial charge in [-0.1, -0.05) is 36.2 Å². The predicted octanol–water partition coefficient (Wildman–Crippen LogP) is 4.07. The van der Waals surface area contributed by atoms with Crippen LogP contribution in [0.4, 0.5) is 11.8 Å².